The third kappa shape index (κ3) is 3.14. The Morgan fingerprint density at radius 2 is 1.95 bits per heavy atom. The molecule has 8 heteroatoms. The van der Waals surface area contributed by atoms with Crippen molar-refractivity contribution in [2.45, 2.75) is 30.2 Å². The molecular weight excluding hydrogens is 282 g/mol. The van der Waals surface area contributed by atoms with Crippen LogP contribution in [0.3, 0.4) is 0 Å². The van der Waals surface area contributed by atoms with E-state index >= 15 is 0 Å². The molecule has 0 aliphatic heterocycles. The molecule has 20 heavy (non-hydrogen) atoms. The smallest absolute Gasteiger partial charge is 0.269 e. The molecule has 1 saturated carbocycles. The minimum atomic E-state index is -3.66. The highest BCUT2D eigenvalue weighted by Crippen LogP contribution is 2.26. The van der Waals surface area contributed by atoms with Gasteiger partial charge in [-0.2, -0.15) is 0 Å². The van der Waals surface area contributed by atoms with Gasteiger partial charge in [-0.3, -0.25) is 10.1 Å². The van der Waals surface area contributed by atoms with E-state index in [1.165, 1.54) is 24.3 Å². The summed E-state index contributed by atoms with van der Waals surface area (Å²) in [6, 6.07) is 4.70. The molecule has 0 unspecified atom stereocenters. The van der Waals surface area contributed by atoms with Crippen molar-refractivity contribution in [3.63, 3.8) is 0 Å². The first-order valence-electron chi connectivity index (χ1n) is 6.41. The zero-order chi connectivity index (χ0) is 14.8. The molecule has 0 radical (unpaired) electrons. The van der Waals surface area contributed by atoms with Crippen LogP contribution in [0.1, 0.15) is 19.3 Å². The lowest BCUT2D eigenvalue weighted by atomic mass is 10.1. The topological polar surface area (TPSA) is 115 Å². The first kappa shape index (κ1) is 14.9. The summed E-state index contributed by atoms with van der Waals surface area (Å²) >= 11 is 0. The standard InChI is InChI=1S/C12H17N3O4S/c13-8-9-2-1-3-12(9)14-20(18,19)11-6-4-10(5-7-11)15(16)17/h4-7,9,12,14H,1-3,8,13H2/t9-,12+/m1/s1. The average molecular weight is 299 g/mol. The highest BCUT2D eigenvalue weighted by molar-refractivity contribution is 7.89. The molecule has 1 aliphatic carbocycles. The zero-order valence-corrected chi connectivity index (χ0v) is 11.7. The molecule has 0 amide bonds. The van der Waals surface area contributed by atoms with Crippen LogP contribution < -0.4 is 10.5 Å². The molecule has 0 spiro atoms. The summed E-state index contributed by atoms with van der Waals surface area (Å²) in [6.45, 7) is 0.452. The number of nitrogens with zero attached hydrogens (tertiary/aromatic N) is 1. The molecule has 0 aromatic heterocycles. The predicted molar refractivity (Wildman–Crippen MR) is 73.6 cm³/mol. The maximum atomic E-state index is 12.2. The van der Waals surface area contributed by atoms with Crippen LogP contribution in [0.25, 0.3) is 0 Å². The molecular formula is C12H17N3O4S. The number of non-ortho nitro benzene ring substituents is 1. The van der Waals surface area contributed by atoms with Gasteiger partial charge >= 0.3 is 0 Å². The van der Waals surface area contributed by atoms with Crippen LogP contribution in [0, 0.1) is 16.0 Å². The van der Waals surface area contributed by atoms with Crippen molar-refractivity contribution in [1.82, 2.24) is 4.72 Å². The van der Waals surface area contributed by atoms with Gasteiger partial charge in [-0.15, -0.1) is 0 Å². The minimum absolute atomic E-state index is 0.0331. The summed E-state index contributed by atoms with van der Waals surface area (Å²) in [4.78, 5) is 10.0. The Hall–Kier alpha value is -1.51. The Labute approximate surface area is 117 Å². The molecule has 0 heterocycles. The van der Waals surface area contributed by atoms with Crippen LogP contribution in [0.5, 0.6) is 0 Å². The van der Waals surface area contributed by atoms with E-state index in [4.69, 9.17) is 5.73 Å². The van der Waals surface area contributed by atoms with Gasteiger partial charge in [0.25, 0.3) is 5.69 Å². The molecule has 2 atom stereocenters. The van der Waals surface area contributed by atoms with Gasteiger partial charge in [0, 0.05) is 18.2 Å². The lowest BCUT2D eigenvalue weighted by Crippen LogP contribution is -2.39. The number of hydrogen-bond acceptors (Lipinski definition) is 5. The molecule has 0 bridgehead atoms. The summed E-state index contributed by atoms with van der Waals surface area (Å²) in [6.07, 6.45) is 2.65. The second-order valence-corrected chi connectivity index (χ2v) is 6.62. The maximum Gasteiger partial charge on any atom is 0.269 e. The van der Waals surface area contributed by atoms with E-state index in [0.29, 0.717) is 6.54 Å². The highest BCUT2D eigenvalue weighted by atomic mass is 32.2. The second kappa shape index (κ2) is 5.86. The van der Waals surface area contributed by atoms with Crippen LogP contribution in [0.2, 0.25) is 0 Å². The molecule has 1 aliphatic rings. The van der Waals surface area contributed by atoms with Gasteiger partial charge in [0.05, 0.1) is 9.82 Å². The van der Waals surface area contributed by atoms with Crippen LogP contribution in [-0.4, -0.2) is 25.9 Å². The van der Waals surface area contributed by atoms with E-state index < -0.39 is 14.9 Å². The molecule has 1 fully saturated rings. The summed E-state index contributed by atoms with van der Waals surface area (Å²) in [5.74, 6) is 0.155. The number of hydrogen-bond donors (Lipinski definition) is 2. The fraction of sp³-hybridized carbons (Fsp3) is 0.500. The first-order valence-corrected chi connectivity index (χ1v) is 7.89. The van der Waals surface area contributed by atoms with E-state index in [1.807, 2.05) is 0 Å². The largest absolute Gasteiger partial charge is 0.330 e. The van der Waals surface area contributed by atoms with E-state index in [-0.39, 0.29) is 22.5 Å². The first-order chi connectivity index (χ1) is 9.44. The minimum Gasteiger partial charge on any atom is -0.330 e. The highest BCUT2D eigenvalue weighted by Gasteiger charge is 2.30. The number of nitro benzene ring substituents is 1. The van der Waals surface area contributed by atoms with E-state index in [2.05, 4.69) is 4.72 Å². The van der Waals surface area contributed by atoms with Gasteiger partial charge in [-0.25, -0.2) is 13.1 Å². The fourth-order valence-electron chi connectivity index (χ4n) is 2.49. The Kier molecular flexibility index (Phi) is 4.36. The lowest BCUT2D eigenvalue weighted by Gasteiger charge is -2.19. The normalized spacial score (nSPS) is 22.9. The van der Waals surface area contributed by atoms with Crippen molar-refractivity contribution >= 4 is 15.7 Å². The van der Waals surface area contributed by atoms with Crippen molar-refractivity contribution in [2.24, 2.45) is 11.7 Å². The summed E-state index contributed by atoms with van der Waals surface area (Å²) < 4.78 is 27.1. The molecule has 3 N–H and O–H groups in total. The van der Waals surface area contributed by atoms with Crippen molar-refractivity contribution < 1.29 is 13.3 Å². The summed E-state index contributed by atoms with van der Waals surface area (Å²) in [5.41, 5.74) is 5.49. The maximum absolute atomic E-state index is 12.2. The SMILES string of the molecule is NC[C@H]1CCC[C@@H]1NS(=O)(=O)c1ccc([N+](=O)[O-])cc1. The summed E-state index contributed by atoms with van der Waals surface area (Å²) in [5, 5.41) is 10.5. The molecule has 1 aromatic carbocycles. The number of nitrogens with two attached hydrogens (primary N) is 1. The number of nitrogens with one attached hydrogen (secondary N) is 1. The molecule has 0 saturated heterocycles. The van der Waals surface area contributed by atoms with E-state index in [0.717, 1.165) is 19.3 Å². The van der Waals surface area contributed by atoms with Crippen LogP contribution in [0.15, 0.2) is 29.2 Å². The third-order valence-electron chi connectivity index (χ3n) is 3.63. The van der Waals surface area contributed by atoms with E-state index in [1.54, 1.807) is 0 Å². The number of benzene rings is 1. The molecule has 110 valence electrons. The molecule has 2 rings (SSSR count). The van der Waals surface area contributed by atoms with Crippen LogP contribution >= 0.6 is 0 Å². The average Bonchev–Trinajstić information content (AvgIpc) is 2.85. The van der Waals surface area contributed by atoms with Crippen LogP contribution in [-0.2, 0) is 10.0 Å². The number of rotatable bonds is 5. The Balaban J connectivity index is 2.15. The number of nitro groups is 1. The van der Waals surface area contributed by atoms with Gasteiger partial charge in [0.15, 0.2) is 0 Å². The Bertz CT molecular complexity index is 585. The van der Waals surface area contributed by atoms with Gasteiger partial charge in [-0.1, -0.05) is 6.42 Å². The lowest BCUT2D eigenvalue weighted by molar-refractivity contribution is -0.384. The van der Waals surface area contributed by atoms with Crippen molar-refractivity contribution in [3.05, 3.63) is 34.4 Å². The van der Waals surface area contributed by atoms with Gasteiger partial charge < -0.3 is 5.73 Å². The van der Waals surface area contributed by atoms with Crippen LogP contribution in [0.4, 0.5) is 5.69 Å². The van der Waals surface area contributed by atoms with Crippen molar-refractivity contribution in [3.8, 4) is 0 Å². The van der Waals surface area contributed by atoms with Gasteiger partial charge in [0.2, 0.25) is 10.0 Å². The Morgan fingerprint density at radius 1 is 1.30 bits per heavy atom. The molecule has 1 aromatic rings. The quantitative estimate of drug-likeness (QED) is 0.621. The predicted octanol–water partition coefficient (Wildman–Crippen LogP) is 1.00. The zero-order valence-electron chi connectivity index (χ0n) is 10.9. The van der Waals surface area contributed by atoms with Gasteiger partial charge in [0.1, 0.15) is 0 Å². The third-order valence-corrected chi connectivity index (χ3v) is 5.13. The monoisotopic (exact) mass is 299 g/mol. The molecule has 7 nitrogen and oxygen atoms in total. The van der Waals surface area contributed by atoms with E-state index in [9.17, 15) is 18.5 Å². The van der Waals surface area contributed by atoms with Crippen molar-refractivity contribution in [2.75, 3.05) is 6.54 Å². The van der Waals surface area contributed by atoms with Gasteiger partial charge in [-0.05, 0) is 37.4 Å². The summed E-state index contributed by atoms with van der Waals surface area (Å²) in [7, 11) is -3.66. The second-order valence-electron chi connectivity index (χ2n) is 4.91. The fourth-order valence-corrected chi connectivity index (χ4v) is 3.83. The van der Waals surface area contributed by atoms with Crippen molar-refractivity contribution in [1.29, 1.82) is 0 Å². The number of sulfonamides is 1. The Morgan fingerprint density at radius 3 is 2.50 bits per heavy atom.